The smallest absolute Gasteiger partial charge is 0.155 e. The van der Waals surface area contributed by atoms with Gasteiger partial charge >= 0.3 is 0 Å². The average molecular weight is 208 g/mol. The highest BCUT2D eigenvalue weighted by atomic mass is 32.2. The molecule has 0 heterocycles. The molecule has 0 radical (unpaired) electrons. The summed E-state index contributed by atoms with van der Waals surface area (Å²) in [6, 6.07) is 0. The molecule has 3 nitrogen and oxygen atoms in total. The maximum atomic E-state index is 10.7. The van der Waals surface area contributed by atoms with E-state index in [-0.39, 0.29) is 11.7 Å². The quantitative estimate of drug-likeness (QED) is 0.675. The van der Waals surface area contributed by atoms with Crippen molar-refractivity contribution in [3.8, 4) is 0 Å². The molecule has 0 saturated carbocycles. The zero-order valence-electron chi connectivity index (χ0n) is 8.78. The molecule has 4 heteroatoms. The summed E-state index contributed by atoms with van der Waals surface area (Å²) in [6.45, 7) is 7.73. The number of hydrogen-bond donors (Lipinski definition) is 2. The summed E-state index contributed by atoms with van der Waals surface area (Å²) >= 11 is -1.92. The van der Waals surface area contributed by atoms with Gasteiger partial charge in [-0.1, -0.05) is 27.7 Å². The van der Waals surface area contributed by atoms with E-state index in [4.69, 9.17) is 4.55 Å². The Hall–Kier alpha value is 0.0700. The van der Waals surface area contributed by atoms with E-state index in [9.17, 15) is 9.32 Å². The predicted octanol–water partition coefficient (Wildman–Crippen LogP) is 1.64. The molecule has 0 aromatic carbocycles. The van der Waals surface area contributed by atoms with Gasteiger partial charge in [-0.2, -0.15) is 0 Å². The van der Waals surface area contributed by atoms with Gasteiger partial charge in [0.05, 0.1) is 11.4 Å². The molecule has 0 spiro atoms. The van der Waals surface area contributed by atoms with Crippen molar-refractivity contribution >= 4 is 11.1 Å². The van der Waals surface area contributed by atoms with Crippen molar-refractivity contribution in [1.82, 2.24) is 0 Å². The van der Waals surface area contributed by atoms with Crippen molar-refractivity contribution in [2.45, 2.75) is 39.7 Å². The van der Waals surface area contributed by atoms with Crippen LogP contribution in [0.1, 0.15) is 34.1 Å². The zero-order valence-corrected chi connectivity index (χ0v) is 9.60. The summed E-state index contributed by atoms with van der Waals surface area (Å²) in [4.78, 5) is 0. The van der Waals surface area contributed by atoms with Gasteiger partial charge < -0.3 is 9.66 Å². The molecular formula is C9H20O3S. The zero-order chi connectivity index (χ0) is 10.6. The van der Waals surface area contributed by atoms with Gasteiger partial charge in [-0.3, -0.25) is 0 Å². The van der Waals surface area contributed by atoms with Crippen molar-refractivity contribution in [3.05, 3.63) is 0 Å². The first-order valence-electron chi connectivity index (χ1n) is 4.57. The third-order valence-corrected chi connectivity index (χ3v) is 2.96. The monoisotopic (exact) mass is 208 g/mol. The van der Waals surface area contributed by atoms with Crippen LogP contribution < -0.4 is 0 Å². The van der Waals surface area contributed by atoms with E-state index >= 15 is 0 Å². The second kappa shape index (κ2) is 5.08. The molecule has 2 N–H and O–H groups in total. The molecule has 0 rings (SSSR count). The summed E-state index contributed by atoms with van der Waals surface area (Å²) in [5, 5.41) is 10.1. The lowest BCUT2D eigenvalue weighted by atomic mass is 9.84. The van der Waals surface area contributed by atoms with Crippen molar-refractivity contribution in [2.75, 3.05) is 5.75 Å². The van der Waals surface area contributed by atoms with Crippen molar-refractivity contribution in [3.63, 3.8) is 0 Å². The first-order valence-corrected chi connectivity index (χ1v) is 5.85. The summed E-state index contributed by atoms with van der Waals surface area (Å²) in [5.74, 6) is 0.282. The topological polar surface area (TPSA) is 57.5 Å². The van der Waals surface area contributed by atoms with Crippen LogP contribution >= 0.6 is 0 Å². The Kier molecular flexibility index (Phi) is 5.10. The Morgan fingerprint density at radius 1 is 1.31 bits per heavy atom. The molecule has 0 aromatic rings. The van der Waals surface area contributed by atoms with E-state index < -0.39 is 16.7 Å². The third kappa shape index (κ3) is 4.74. The van der Waals surface area contributed by atoms with Gasteiger partial charge in [0.2, 0.25) is 0 Å². The summed E-state index contributed by atoms with van der Waals surface area (Å²) in [5.41, 5.74) is -1.01. The molecule has 13 heavy (non-hydrogen) atoms. The fourth-order valence-electron chi connectivity index (χ4n) is 1.38. The number of hydrogen-bond acceptors (Lipinski definition) is 2. The Balaban J connectivity index is 4.43. The fourth-order valence-corrected chi connectivity index (χ4v) is 2.26. The SMILES string of the molecule is CC(C)CC(O)(CS(=O)O)C(C)C. The molecule has 0 aromatic heterocycles. The molecule has 0 amide bonds. The lowest BCUT2D eigenvalue weighted by molar-refractivity contribution is -0.00223. The van der Waals surface area contributed by atoms with E-state index in [0.717, 1.165) is 0 Å². The second-order valence-corrected chi connectivity index (χ2v) is 5.25. The maximum Gasteiger partial charge on any atom is 0.155 e. The molecule has 2 atom stereocenters. The predicted molar refractivity (Wildman–Crippen MR) is 54.9 cm³/mol. The highest BCUT2D eigenvalue weighted by Gasteiger charge is 2.33. The Morgan fingerprint density at radius 3 is 2.00 bits per heavy atom. The molecule has 0 fully saturated rings. The van der Waals surface area contributed by atoms with Crippen LogP contribution in [-0.2, 0) is 11.1 Å². The van der Waals surface area contributed by atoms with Gasteiger partial charge in [0, 0.05) is 0 Å². The first kappa shape index (κ1) is 13.1. The lowest BCUT2D eigenvalue weighted by Gasteiger charge is -2.32. The lowest BCUT2D eigenvalue weighted by Crippen LogP contribution is -2.41. The summed E-state index contributed by atoms with van der Waals surface area (Å²) in [7, 11) is 0. The Bertz CT molecular complexity index is 180. The van der Waals surface area contributed by atoms with E-state index in [1.54, 1.807) is 0 Å². The van der Waals surface area contributed by atoms with Crippen LogP contribution in [0.3, 0.4) is 0 Å². The van der Waals surface area contributed by atoms with Crippen LogP contribution in [0.4, 0.5) is 0 Å². The summed E-state index contributed by atoms with van der Waals surface area (Å²) < 4.78 is 19.4. The molecule has 2 unspecified atom stereocenters. The fraction of sp³-hybridized carbons (Fsp3) is 1.00. The largest absolute Gasteiger partial charge is 0.389 e. The average Bonchev–Trinajstić information content (AvgIpc) is 1.82. The molecule has 0 bridgehead atoms. The van der Waals surface area contributed by atoms with E-state index in [1.165, 1.54) is 0 Å². The van der Waals surface area contributed by atoms with E-state index in [0.29, 0.717) is 12.3 Å². The van der Waals surface area contributed by atoms with Gasteiger partial charge in [0.25, 0.3) is 0 Å². The Labute approximate surface area is 82.8 Å². The van der Waals surface area contributed by atoms with Crippen molar-refractivity contribution < 1.29 is 13.9 Å². The van der Waals surface area contributed by atoms with E-state index in [2.05, 4.69) is 0 Å². The first-order chi connectivity index (χ1) is 5.78. The van der Waals surface area contributed by atoms with Crippen LogP contribution in [-0.4, -0.2) is 25.2 Å². The third-order valence-electron chi connectivity index (χ3n) is 2.21. The highest BCUT2D eigenvalue weighted by molar-refractivity contribution is 7.79. The van der Waals surface area contributed by atoms with E-state index in [1.807, 2.05) is 27.7 Å². The van der Waals surface area contributed by atoms with Gasteiger partial charge in [-0.15, -0.1) is 0 Å². The standard InChI is InChI=1S/C9H20O3S/c1-7(2)5-9(10,8(3)4)6-13(11)12/h7-8,10H,5-6H2,1-4H3,(H,11,12). The Morgan fingerprint density at radius 2 is 1.77 bits per heavy atom. The maximum absolute atomic E-state index is 10.7. The van der Waals surface area contributed by atoms with Crippen LogP contribution in [0, 0.1) is 11.8 Å². The van der Waals surface area contributed by atoms with Gasteiger partial charge in [-0.05, 0) is 18.3 Å². The number of rotatable bonds is 5. The molecule has 80 valence electrons. The van der Waals surface area contributed by atoms with Crippen molar-refractivity contribution in [1.29, 1.82) is 0 Å². The van der Waals surface area contributed by atoms with Gasteiger partial charge in [0.15, 0.2) is 11.1 Å². The van der Waals surface area contributed by atoms with Gasteiger partial charge in [-0.25, -0.2) is 4.21 Å². The van der Waals surface area contributed by atoms with Crippen LogP contribution in [0.5, 0.6) is 0 Å². The van der Waals surface area contributed by atoms with Crippen LogP contribution in [0.25, 0.3) is 0 Å². The van der Waals surface area contributed by atoms with Crippen LogP contribution in [0.15, 0.2) is 0 Å². The number of aliphatic hydroxyl groups is 1. The van der Waals surface area contributed by atoms with Gasteiger partial charge in [0.1, 0.15) is 0 Å². The van der Waals surface area contributed by atoms with Crippen molar-refractivity contribution in [2.24, 2.45) is 11.8 Å². The minimum absolute atomic E-state index is 0.00556. The normalized spacial score (nSPS) is 19.1. The highest BCUT2D eigenvalue weighted by Crippen LogP contribution is 2.26. The molecule has 0 aliphatic heterocycles. The minimum Gasteiger partial charge on any atom is -0.389 e. The summed E-state index contributed by atoms with van der Waals surface area (Å²) in [6.07, 6.45) is 0.566. The second-order valence-electron chi connectivity index (χ2n) is 4.32. The molecule has 0 aliphatic carbocycles. The molecular weight excluding hydrogens is 188 g/mol. The molecule has 0 saturated heterocycles. The molecule has 0 aliphatic rings. The van der Waals surface area contributed by atoms with Crippen LogP contribution in [0.2, 0.25) is 0 Å². The minimum atomic E-state index is -1.92.